The van der Waals surface area contributed by atoms with Crippen LogP contribution in [0.1, 0.15) is 56.3 Å². The number of allylic oxidation sites excluding steroid dienone is 1. The molecule has 2 aliphatic rings. The van der Waals surface area contributed by atoms with E-state index in [1.807, 2.05) is 10.6 Å². The first kappa shape index (κ1) is 23.0. The summed E-state index contributed by atoms with van der Waals surface area (Å²) in [6, 6.07) is 8.26. The van der Waals surface area contributed by atoms with E-state index in [-0.39, 0.29) is 5.75 Å². The van der Waals surface area contributed by atoms with Crippen LogP contribution in [0, 0.1) is 0 Å². The number of benzene rings is 1. The monoisotopic (exact) mass is 468 g/mol. The summed E-state index contributed by atoms with van der Waals surface area (Å²) in [4.78, 5) is 38.0. The van der Waals surface area contributed by atoms with Gasteiger partial charge in [0.1, 0.15) is 11.4 Å². The number of hydrogen-bond acceptors (Lipinski definition) is 6. The normalized spacial score (nSPS) is 21.2. The van der Waals surface area contributed by atoms with E-state index < -0.39 is 23.4 Å². The van der Waals surface area contributed by atoms with E-state index in [0.29, 0.717) is 23.2 Å². The molecule has 4 amide bonds. The standard InChI is InChI=1S/C23H28N6O3S/c1-3-14-28-19(16-10-6-4-7-11-16)25-26-22(28)33-15-18(30)27-29-20(31)23(2,24-21(29)32)17-12-8-5-9-13-17/h3,5,8-9,12-13,16H,1,4,6-7,10-11,14-15H2,2H3,(H,24,32)(H,27,30)/t23-/m1/s1. The van der Waals surface area contributed by atoms with E-state index in [1.165, 1.54) is 31.0 Å². The van der Waals surface area contributed by atoms with Crippen LogP contribution in [0.5, 0.6) is 0 Å². The van der Waals surface area contributed by atoms with E-state index in [2.05, 4.69) is 27.5 Å². The predicted molar refractivity (Wildman–Crippen MR) is 124 cm³/mol. The highest BCUT2D eigenvalue weighted by Crippen LogP contribution is 2.33. The van der Waals surface area contributed by atoms with Gasteiger partial charge in [0.25, 0.3) is 5.91 Å². The third-order valence-electron chi connectivity index (χ3n) is 6.14. The highest BCUT2D eigenvalue weighted by molar-refractivity contribution is 7.99. The quantitative estimate of drug-likeness (QED) is 0.350. The number of carbonyl (C=O) groups excluding carboxylic acids is 3. The summed E-state index contributed by atoms with van der Waals surface area (Å²) in [5.74, 6) is 0.278. The molecule has 4 rings (SSSR count). The minimum atomic E-state index is -1.24. The predicted octanol–water partition coefficient (Wildman–Crippen LogP) is 3.10. The summed E-state index contributed by atoms with van der Waals surface area (Å²) in [5, 5.41) is 12.7. The van der Waals surface area contributed by atoms with Crippen molar-refractivity contribution in [2.24, 2.45) is 0 Å². The largest absolute Gasteiger partial charge is 0.344 e. The van der Waals surface area contributed by atoms with Gasteiger partial charge in [-0.1, -0.05) is 67.4 Å². The number of hydrogen-bond donors (Lipinski definition) is 2. The van der Waals surface area contributed by atoms with Crippen molar-refractivity contribution in [3.05, 3.63) is 54.4 Å². The molecule has 0 radical (unpaired) electrons. The zero-order chi connectivity index (χ0) is 23.4. The Labute approximate surface area is 197 Å². The lowest BCUT2D eigenvalue weighted by atomic mass is 9.89. The molecule has 0 spiro atoms. The van der Waals surface area contributed by atoms with Crippen molar-refractivity contribution in [2.45, 2.75) is 62.2 Å². The van der Waals surface area contributed by atoms with Gasteiger partial charge in [-0.2, -0.15) is 5.01 Å². The first-order valence-electron chi connectivity index (χ1n) is 11.1. The molecule has 0 unspecified atom stereocenters. The number of urea groups is 1. The maximum atomic E-state index is 12.9. The summed E-state index contributed by atoms with van der Waals surface area (Å²) in [5.41, 5.74) is 1.83. The Hall–Kier alpha value is -3.14. The van der Waals surface area contributed by atoms with E-state index >= 15 is 0 Å². The summed E-state index contributed by atoms with van der Waals surface area (Å²) >= 11 is 1.22. The third kappa shape index (κ3) is 4.66. The van der Waals surface area contributed by atoms with Crippen LogP contribution in [-0.4, -0.2) is 43.4 Å². The van der Waals surface area contributed by atoms with Gasteiger partial charge in [-0.05, 0) is 25.3 Å². The van der Waals surface area contributed by atoms with Gasteiger partial charge >= 0.3 is 6.03 Å². The van der Waals surface area contributed by atoms with Crippen molar-refractivity contribution in [3.63, 3.8) is 0 Å². The van der Waals surface area contributed by atoms with Crippen molar-refractivity contribution < 1.29 is 14.4 Å². The van der Waals surface area contributed by atoms with Gasteiger partial charge in [-0.25, -0.2) is 4.79 Å². The Balaban J connectivity index is 1.40. The Bertz CT molecular complexity index is 1050. The van der Waals surface area contributed by atoms with Crippen LogP contribution in [0.15, 0.2) is 48.1 Å². The molecule has 9 nitrogen and oxygen atoms in total. The number of hydrazine groups is 1. The lowest BCUT2D eigenvalue weighted by Crippen LogP contribution is -2.48. The molecule has 2 heterocycles. The van der Waals surface area contributed by atoms with Gasteiger partial charge in [0.15, 0.2) is 5.16 Å². The average molecular weight is 469 g/mol. The fourth-order valence-electron chi connectivity index (χ4n) is 4.37. The minimum Gasteiger partial charge on any atom is -0.318 e. The van der Waals surface area contributed by atoms with Gasteiger partial charge in [-0.15, -0.1) is 16.8 Å². The van der Waals surface area contributed by atoms with Crippen LogP contribution in [0.3, 0.4) is 0 Å². The zero-order valence-electron chi connectivity index (χ0n) is 18.6. The van der Waals surface area contributed by atoms with Gasteiger partial charge in [0.2, 0.25) is 5.91 Å². The Morgan fingerprint density at radius 2 is 1.97 bits per heavy atom. The van der Waals surface area contributed by atoms with Crippen LogP contribution < -0.4 is 10.7 Å². The summed E-state index contributed by atoms with van der Waals surface area (Å²) < 4.78 is 2.00. The van der Waals surface area contributed by atoms with E-state index in [1.54, 1.807) is 37.3 Å². The molecular weight excluding hydrogens is 440 g/mol. The Kier molecular flexibility index (Phi) is 6.83. The number of nitrogens with zero attached hydrogens (tertiary/aromatic N) is 4. The zero-order valence-corrected chi connectivity index (χ0v) is 19.4. The fourth-order valence-corrected chi connectivity index (χ4v) is 5.11. The molecule has 10 heteroatoms. The van der Waals surface area contributed by atoms with Crippen molar-refractivity contribution >= 4 is 29.6 Å². The molecule has 1 aromatic carbocycles. The molecule has 2 fully saturated rings. The minimum absolute atomic E-state index is 0.0148. The maximum absolute atomic E-state index is 12.9. The molecular formula is C23H28N6O3S. The average Bonchev–Trinajstić information content (AvgIpc) is 3.33. The number of rotatable bonds is 8. The van der Waals surface area contributed by atoms with Gasteiger partial charge in [-0.3, -0.25) is 15.0 Å². The topological polar surface area (TPSA) is 109 Å². The first-order valence-corrected chi connectivity index (χ1v) is 12.1. The number of carbonyl (C=O) groups is 3. The van der Waals surface area contributed by atoms with Gasteiger partial charge < -0.3 is 9.88 Å². The number of imide groups is 1. The van der Waals surface area contributed by atoms with Crippen LogP contribution in [-0.2, 0) is 21.7 Å². The molecule has 1 aliphatic heterocycles. The smallest absolute Gasteiger partial charge is 0.318 e. The molecule has 0 bridgehead atoms. The lowest BCUT2D eigenvalue weighted by Gasteiger charge is -2.22. The highest BCUT2D eigenvalue weighted by atomic mass is 32.2. The van der Waals surface area contributed by atoms with Crippen LogP contribution in [0.4, 0.5) is 4.79 Å². The summed E-state index contributed by atoms with van der Waals surface area (Å²) in [7, 11) is 0. The highest BCUT2D eigenvalue weighted by Gasteiger charge is 2.49. The molecule has 1 atom stereocenters. The summed E-state index contributed by atoms with van der Waals surface area (Å²) in [6.07, 6.45) is 7.59. The number of amides is 4. The van der Waals surface area contributed by atoms with Gasteiger partial charge in [0, 0.05) is 12.5 Å². The molecule has 174 valence electrons. The SMILES string of the molecule is C=CCn1c(SCC(=O)NN2C(=O)N[C@](C)(c3ccccc3)C2=O)nnc1C1CCCCC1. The molecule has 1 saturated carbocycles. The lowest BCUT2D eigenvalue weighted by molar-refractivity contribution is -0.138. The van der Waals surface area contributed by atoms with Crippen LogP contribution in [0.2, 0.25) is 0 Å². The van der Waals surface area contributed by atoms with Crippen LogP contribution >= 0.6 is 11.8 Å². The Morgan fingerprint density at radius 3 is 2.67 bits per heavy atom. The molecule has 2 N–H and O–H groups in total. The van der Waals surface area contributed by atoms with Crippen molar-refractivity contribution in [3.8, 4) is 0 Å². The fraction of sp³-hybridized carbons (Fsp3) is 0.435. The number of nitrogens with one attached hydrogen (secondary N) is 2. The molecule has 33 heavy (non-hydrogen) atoms. The van der Waals surface area contributed by atoms with E-state index in [0.717, 1.165) is 23.7 Å². The number of thioether (sulfide) groups is 1. The van der Waals surface area contributed by atoms with Crippen molar-refractivity contribution in [2.75, 3.05) is 5.75 Å². The maximum Gasteiger partial charge on any atom is 0.344 e. The first-order chi connectivity index (χ1) is 15.9. The summed E-state index contributed by atoms with van der Waals surface area (Å²) in [6.45, 7) is 6.01. The molecule has 1 aliphatic carbocycles. The van der Waals surface area contributed by atoms with Crippen molar-refractivity contribution in [1.29, 1.82) is 0 Å². The second kappa shape index (κ2) is 9.78. The molecule has 1 saturated heterocycles. The second-order valence-electron chi connectivity index (χ2n) is 8.46. The number of aromatic nitrogens is 3. The Morgan fingerprint density at radius 1 is 1.24 bits per heavy atom. The molecule has 2 aromatic rings. The second-order valence-corrected chi connectivity index (χ2v) is 9.40. The molecule has 1 aromatic heterocycles. The van der Waals surface area contributed by atoms with Gasteiger partial charge in [0.05, 0.1) is 5.75 Å². The van der Waals surface area contributed by atoms with E-state index in [4.69, 9.17) is 0 Å². The third-order valence-corrected chi connectivity index (χ3v) is 7.11. The van der Waals surface area contributed by atoms with E-state index in [9.17, 15) is 14.4 Å². The van der Waals surface area contributed by atoms with Crippen LogP contribution in [0.25, 0.3) is 0 Å². The van der Waals surface area contributed by atoms with Crippen molar-refractivity contribution in [1.82, 2.24) is 30.5 Å².